The summed E-state index contributed by atoms with van der Waals surface area (Å²) in [7, 11) is 0. The summed E-state index contributed by atoms with van der Waals surface area (Å²) in [5, 5.41) is 2.74. The third kappa shape index (κ3) is 8.35. The van der Waals surface area contributed by atoms with Crippen molar-refractivity contribution >= 4 is 5.91 Å². The first-order chi connectivity index (χ1) is 7.02. The number of ether oxygens (including phenoxy) is 2. The Labute approximate surface area is 91.3 Å². The van der Waals surface area contributed by atoms with Crippen molar-refractivity contribution in [1.82, 2.24) is 5.32 Å². The van der Waals surface area contributed by atoms with E-state index in [1.165, 1.54) is 0 Å². The van der Waals surface area contributed by atoms with Gasteiger partial charge in [-0.15, -0.1) is 0 Å². The number of hydrogen-bond acceptors (Lipinski definition) is 4. The third-order valence-electron chi connectivity index (χ3n) is 1.74. The van der Waals surface area contributed by atoms with Crippen LogP contribution in [0.15, 0.2) is 0 Å². The molecule has 5 heteroatoms. The van der Waals surface area contributed by atoms with Gasteiger partial charge in [-0.1, -0.05) is 0 Å². The maximum absolute atomic E-state index is 11.2. The molecule has 0 aliphatic carbocycles. The largest absolute Gasteiger partial charge is 0.374 e. The highest BCUT2D eigenvalue weighted by Crippen LogP contribution is 2.06. The standard InChI is InChI=1S/C10H22N2O3/c1-4-15-10(2,3)8-12-9(13)7-14-6-5-11/h4-8,11H2,1-3H3,(H,12,13). The van der Waals surface area contributed by atoms with Gasteiger partial charge in [0.05, 0.1) is 12.2 Å². The molecule has 15 heavy (non-hydrogen) atoms. The van der Waals surface area contributed by atoms with Gasteiger partial charge in [0.2, 0.25) is 5.91 Å². The van der Waals surface area contributed by atoms with Crippen LogP contribution in [0, 0.1) is 0 Å². The number of rotatable bonds is 8. The average molecular weight is 218 g/mol. The first-order valence-corrected chi connectivity index (χ1v) is 5.20. The zero-order chi connectivity index (χ0) is 11.7. The summed E-state index contributed by atoms with van der Waals surface area (Å²) in [4.78, 5) is 11.2. The minimum atomic E-state index is -0.335. The molecule has 0 aromatic carbocycles. The summed E-state index contributed by atoms with van der Waals surface area (Å²) < 4.78 is 10.4. The second-order valence-corrected chi connectivity index (χ2v) is 3.81. The molecule has 0 saturated heterocycles. The molecule has 0 fully saturated rings. The van der Waals surface area contributed by atoms with Gasteiger partial charge in [0.15, 0.2) is 0 Å². The predicted molar refractivity (Wildman–Crippen MR) is 58.6 cm³/mol. The minimum Gasteiger partial charge on any atom is -0.374 e. The van der Waals surface area contributed by atoms with Gasteiger partial charge in [-0.3, -0.25) is 4.79 Å². The van der Waals surface area contributed by atoms with Gasteiger partial charge < -0.3 is 20.5 Å². The van der Waals surface area contributed by atoms with Crippen LogP contribution in [0.4, 0.5) is 0 Å². The molecular formula is C10H22N2O3. The molecule has 0 aromatic rings. The first kappa shape index (κ1) is 14.3. The number of amides is 1. The second kappa shape index (κ2) is 7.62. The van der Waals surface area contributed by atoms with Gasteiger partial charge in [0.25, 0.3) is 0 Å². The van der Waals surface area contributed by atoms with E-state index in [2.05, 4.69) is 5.32 Å². The number of carbonyl (C=O) groups is 1. The fourth-order valence-electron chi connectivity index (χ4n) is 1.05. The molecule has 5 nitrogen and oxygen atoms in total. The van der Waals surface area contributed by atoms with Crippen LogP contribution in [0.25, 0.3) is 0 Å². The maximum Gasteiger partial charge on any atom is 0.246 e. The summed E-state index contributed by atoms with van der Waals surface area (Å²) >= 11 is 0. The van der Waals surface area contributed by atoms with Gasteiger partial charge in [0, 0.05) is 19.7 Å². The normalized spacial score (nSPS) is 11.5. The van der Waals surface area contributed by atoms with Crippen LogP contribution < -0.4 is 11.1 Å². The number of carbonyl (C=O) groups excluding carboxylic acids is 1. The van der Waals surface area contributed by atoms with Crippen molar-refractivity contribution in [2.75, 3.05) is 32.9 Å². The van der Waals surface area contributed by atoms with Gasteiger partial charge in [-0.2, -0.15) is 0 Å². The topological polar surface area (TPSA) is 73.6 Å². The van der Waals surface area contributed by atoms with Crippen molar-refractivity contribution < 1.29 is 14.3 Å². The van der Waals surface area contributed by atoms with Crippen LogP contribution in [-0.2, 0) is 14.3 Å². The Bertz CT molecular complexity index is 184. The molecular weight excluding hydrogens is 196 g/mol. The predicted octanol–water partition coefficient (Wildman–Crippen LogP) is -0.107. The van der Waals surface area contributed by atoms with Crippen molar-refractivity contribution in [2.45, 2.75) is 26.4 Å². The highest BCUT2D eigenvalue weighted by Gasteiger charge is 2.18. The van der Waals surface area contributed by atoms with E-state index in [0.29, 0.717) is 26.3 Å². The molecule has 0 spiro atoms. The Kier molecular flexibility index (Phi) is 7.29. The number of hydrogen-bond donors (Lipinski definition) is 2. The van der Waals surface area contributed by atoms with E-state index in [4.69, 9.17) is 15.2 Å². The van der Waals surface area contributed by atoms with E-state index < -0.39 is 0 Å². The van der Waals surface area contributed by atoms with Gasteiger partial charge in [-0.05, 0) is 20.8 Å². The molecule has 0 bridgehead atoms. The average Bonchev–Trinajstić information content (AvgIpc) is 2.15. The van der Waals surface area contributed by atoms with Gasteiger partial charge in [0.1, 0.15) is 6.61 Å². The summed E-state index contributed by atoms with van der Waals surface area (Å²) in [6.45, 7) is 7.78. The smallest absolute Gasteiger partial charge is 0.246 e. The van der Waals surface area contributed by atoms with Gasteiger partial charge >= 0.3 is 0 Å². The molecule has 3 N–H and O–H groups in total. The molecule has 90 valence electrons. The van der Waals surface area contributed by atoms with Crippen LogP contribution in [0.1, 0.15) is 20.8 Å². The van der Waals surface area contributed by atoms with Crippen LogP contribution in [-0.4, -0.2) is 44.4 Å². The SMILES string of the molecule is CCOC(C)(C)CNC(=O)COCCN. The Hall–Kier alpha value is -0.650. The zero-order valence-corrected chi connectivity index (χ0v) is 9.84. The van der Waals surface area contributed by atoms with Crippen molar-refractivity contribution in [3.8, 4) is 0 Å². The maximum atomic E-state index is 11.2. The van der Waals surface area contributed by atoms with E-state index in [-0.39, 0.29) is 18.1 Å². The van der Waals surface area contributed by atoms with Gasteiger partial charge in [-0.25, -0.2) is 0 Å². The summed E-state index contributed by atoms with van der Waals surface area (Å²) in [5.41, 5.74) is 4.89. The first-order valence-electron chi connectivity index (χ1n) is 5.20. The lowest BCUT2D eigenvalue weighted by Gasteiger charge is -2.24. The second-order valence-electron chi connectivity index (χ2n) is 3.81. The zero-order valence-electron chi connectivity index (χ0n) is 9.84. The van der Waals surface area contributed by atoms with E-state index >= 15 is 0 Å². The lowest BCUT2D eigenvalue weighted by Crippen LogP contribution is -2.41. The molecule has 0 rings (SSSR count). The van der Waals surface area contributed by atoms with Crippen molar-refractivity contribution in [1.29, 1.82) is 0 Å². The van der Waals surface area contributed by atoms with Crippen LogP contribution in [0.2, 0.25) is 0 Å². The van der Waals surface area contributed by atoms with E-state index in [1.807, 2.05) is 20.8 Å². The van der Waals surface area contributed by atoms with Crippen LogP contribution >= 0.6 is 0 Å². The van der Waals surface area contributed by atoms with Crippen LogP contribution in [0.3, 0.4) is 0 Å². The Morgan fingerprint density at radius 3 is 2.67 bits per heavy atom. The Balaban J connectivity index is 3.60. The molecule has 0 atom stereocenters. The fourth-order valence-corrected chi connectivity index (χ4v) is 1.05. The highest BCUT2D eigenvalue weighted by atomic mass is 16.5. The molecule has 0 aliphatic rings. The lowest BCUT2D eigenvalue weighted by atomic mass is 10.1. The molecule has 0 saturated carbocycles. The Morgan fingerprint density at radius 1 is 1.47 bits per heavy atom. The summed E-state index contributed by atoms with van der Waals surface area (Å²) in [6, 6.07) is 0. The molecule has 0 aliphatic heterocycles. The quantitative estimate of drug-likeness (QED) is 0.558. The molecule has 0 radical (unpaired) electrons. The lowest BCUT2D eigenvalue weighted by molar-refractivity contribution is -0.127. The highest BCUT2D eigenvalue weighted by molar-refractivity contribution is 5.77. The number of nitrogens with one attached hydrogen (secondary N) is 1. The number of nitrogens with two attached hydrogens (primary N) is 1. The minimum absolute atomic E-state index is 0.0550. The molecule has 0 heterocycles. The molecule has 0 aromatic heterocycles. The van der Waals surface area contributed by atoms with Crippen molar-refractivity contribution in [2.24, 2.45) is 5.73 Å². The van der Waals surface area contributed by atoms with E-state index in [1.54, 1.807) is 0 Å². The van der Waals surface area contributed by atoms with Crippen molar-refractivity contribution in [3.05, 3.63) is 0 Å². The Morgan fingerprint density at radius 2 is 2.13 bits per heavy atom. The van der Waals surface area contributed by atoms with E-state index in [9.17, 15) is 4.79 Å². The van der Waals surface area contributed by atoms with Crippen molar-refractivity contribution in [3.63, 3.8) is 0 Å². The monoisotopic (exact) mass is 218 g/mol. The fraction of sp³-hybridized carbons (Fsp3) is 0.900. The summed E-state index contributed by atoms with van der Waals surface area (Å²) in [5.74, 6) is -0.142. The summed E-state index contributed by atoms with van der Waals surface area (Å²) in [6.07, 6.45) is 0. The van der Waals surface area contributed by atoms with Crippen LogP contribution in [0.5, 0.6) is 0 Å². The van der Waals surface area contributed by atoms with E-state index in [0.717, 1.165) is 0 Å². The molecule has 1 amide bonds. The molecule has 0 unspecified atom stereocenters. The third-order valence-corrected chi connectivity index (χ3v) is 1.74.